The molecule has 2 heterocycles. The Bertz CT molecular complexity index is 703. The van der Waals surface area contributed by atoms with Gasteiger partial charge >= 0.3 is 0 Å². The van der Waals surface area contributed by atoms with Gasteiger partial charge in [0.15, 0.2) is 0 Å². The Balaban J connectivity index is 1.63. The quantitative estimate of drug-likeness (QED) is 0.935. The van der Waals surface area contributed by atoms with E-state index in [2.05, 4.69) is 5.10 Å². The second kappa shape index (κ2) is 6.95. The van der Waals surface area contributed by atoms with Crippen molar-refractivity contribution in [2.24, 2.45) is 5.92 Å². The number of nitrogens with two attached hydrogens (primary N) is 1. The van der Waals surface area contributed by atoms with E-state index in [0.717, 1.165) is 37.2 Å². The molecule has 0 radical (unpaired) electrons. The molecule has 1 aliphatic heterocycles. The number of likely N-dealkylation sites (tertiary alicyclic amines) is 1. The number of piperidine rings is 1. The molecule has 0 spiro atoms. The van der Waals surface area contributed by atoms with E-state index in [-0.39, 0.29) is 5.91 Å². The van der Waals surface area contributed by atoms with Crippen molar-refractivity contribution in [3.05, 3.63) is 35.9 Å². The predicted molar refractivity (Wildman–Crippen MR) is 93.2 cm³/mol. The Morgan fingerprint density at radius 1 is 1.29 bits per heavy atom. The summed E-state index contributed by atoms with van der Waals surface area (Å²) in [5.74, 6) is 1.79. The number of hydrogen-bond donors (Lipinski definition) is 1. The Kier molecular flexibility index (Phi) is 4.74. The van der Waals surface area contributed by atoms with Crippen LogP contribution in [0, 0.1) is 12.8 Å². The van der Waals surface area contributed by atoms with Crippen LogP contribution in [-0.2, 0) is 4.79 Å². The highest BCUT2D eigenvalue weighted by molar-refractivity contribution is 5.73. The smallest absolute Gasteiger partial charge is 0.238 e. The Morgan fingerprint density at radius 3 is 2.58 bits per heavy atom. The minimum absolute atomic E-state index is 0.152. The third kappa shape index (κ3) is 3.37. The molecule has 1 fully saturated rings. The zero-order valence-corrected chi connectivity index (χ0v) is 14.2. The van der Waals surface area contributed by atoms with Gasteiger partial charge in [-0.05, 0) is 37.8 Å². The van der Waals surface area contributed by atoms with Gasteiger partial charge in [-0.2, -0.15) is 0 Å². The Hall–Kier alpha value is -2.50. The summed E-state index contributed by atoms with van der Waals surface area (Å²) in [6.07, 6.45) is 1.93. The number of carbonyl (C=O) groups excluding carboxylic acids is 1. The van der Waals surface area contributed by atoms with Crippen molar-refractivity contribution in [1.82, 2.24) is 14.7 Å². The van der Waals surface area contributed by atoms with Gasteiger partial charge in [0, 0.05) is 20.0 Å². The lowest BCUT2D eigenvalue weighted by molar-refractivity contribution is -0.130. The van der Waals surface area contributed by atoms with Crippen molar-refractivity contribution < 1.29 is 9.53 Å². The number of rotatable bonds is 4. The molecule has 24 heavy (non-hydrogen) atoms. The fraction of sp³-hybridized carbons (Fsp3) is 0.444. The van der Waals surface area contributed by atoms with E-state index in [0.29, 0.717) is 24.2 Å². The largest absolute Gasteiger partial charge is 0.476 e. The SMILES string of the molecule is CC(=O)N1CCC(COc2nn(-c3ccccc3)c(N)c2C)CC1. The lowest BCUT2D eigenvalue weighted by atomic mass is 9.98. The average Bonchev–Trinajstić information content (AvgIpc) is 2.89. The zero-order valence-electron chi connectivity index (χ0n) is 14.2. The summed E-state index contributed by atoms with van der Waals surface area (Å²) in [4.78, 5) is 13.3. The van der Waals surface area contributed by atoms with E-state index in [1.54, 1.807) is 11.6 Å². The maximum Gasteiger partial charge on any atom is 0.238 e. The Labute approximate surface area is 142 Å². The molecule has 2 N–H and O–H groups in total. The van der Waals surface area contributed by atoms with Crippen LogP contribution in [0.5, 0.6) is 5.88 Å². The van der Waals surface area contributed by atoms with Crippen LogP contribution < -0.4 is 10.5 Å². The molecular formula is C18H24N4O2. The summed E-state index contributed by atoms with van der Waals surface area (Å²) < 4.78 is 7.65. The third-order valence-electron chi connectivity index (χ3n) is 4.64. The third-order valence-corrected chi connectivity index (χ3v) is 4.64. The molecule has 0 saturated carbocycles. The molecule has 6 nitrogen and oxygen atoms in total. The number of ether oxygens (including phenoxy) is 1. The van der Waals surface area contributed by atoms with Gasteiger partial charge in [0.25, 0.3) is 0 Å². The van der Waals surface area contributed by atoms with E-state index in [1.807, 2.05) is 42.2 Å². The molecule has 6 heteroatoms. The van der Waals surface area contributed by atoms with Gasteiger partial charge < -0.3 is 15.4 Å². The van der Waals surface area contributed by atoms with Crippen LogP contribution in [0.3, 0.4) is 0 Å². The van der Waals surface area contributed by atoms with Crippen LogP contribution in [0.4, 0.5) is 5.82 Å². The highest BCUT2D eigenvalue weighted by Crippen LogP contribution is 2.27. The summed E-state index contributed by atoms with van der Waals surface area (Å²) in [5, 5.41) is 4.51. The van der Waals surface area contributed by atoms with Crippen molar-refractivity contribution >= 4 is 11.7 Å². The molecular weight excluding hydrogens is 304 g/mol. The van der Waals surface area contributed by atoms with Gasteiger partial charge in [0.1, 0.15) is 5.82 Å². The molecule has 2 aromatic rings. The minimum atomic E-state index is 0.152. The lowest BCUT2D eigenvalue weighted by Gasteiger charge is -2.30. The standard InChI is InChI=1S/C18H24N4O2/c1-13-17(19)22(16-6-4-3-5-7-16)20-18(13)24-12-15-8-10-21(11-9-15)14(2)23/h3-7,15H,8-12,19H2,1-2H3. The molecule has 1 aromatic carbocycles. The van der Waals surface area contributed by atoms with Crippen molar-refractivity contribution in [3.63, 3.8) is 0 Å². The summed E-state index contributed by atoms with van der Waals surface area (Å²) in [7, 11) is 0. The fourth-order valence-electron chi connectivity index (χ4n) is 3.00. The topological polar surface area (TPSA) is 73.4 Å². The number of benzene rings is 1. The van der Waals surface area contributed by atoms with Gasteiger partial charge in [-0.15, -0.1) is 5.10 Å². The highest BCUT2D eigenvalue weighted by Gasteiger charge is 2.22. The van der Waals surface area contributed by atoms with E-state index >= 15 is 0 Å². The Morgan fingerprint density at radius 2 is 1.96 bits per heavy atom. The molecule has 128 valence electrons. The van der Waals surface area contributed by atoms with Crippen molar-refractivity contribution in [2.75, 3.05) is 25.4 Å². The van der Waals surface area contributed by atoms with Crippen molar-refractivity contribution in [1.29, 1.82) is 0 Å². The number of aromatic nitrogens is 2. The summed E-state index contributed by atoms with van der Waals surface area (Å²) in [6, 6.07) is 9.79. The van der Waals surface area contributed by atoms with Gasteiger partial charge in [-0.3, -0.25) is 4.79 Å². The van der Waals surface area contributed by atoms with E-state index in [9.17, 15) is 4.79 Å². The summed E-state index contributed by atoms with van der Waals surface area (Å²) >= 11 is 0. The van der Waals surface area contributed by atoms with Gasteiger partial charge in [-0.1, -0.05) is 18.2 Å². The minimum Gasteiger partial charge on any atom is -0.476 e. The van der Waals surface area contributed by atoms with E-state index in [1.165, 1.54) is 0 Å². The molecule has 1 aromatic heterocycles. The van der Waals surface area contributed by atoms with E-state index < -0.39 is 0 Å². The van der Waals surface area contributed by atoms with E-state index in [4.69, 9.17) is 10.5 Å². The van der Waals surface area contributed by atoms with Crippen LogP contribution in [-0.4, -0.2) is 40.3 Å². The second-order valence-corrected chi connectivity index (χ2v) is 6.32. The molecule has 0 atom stereocenters. The molecule has 3 rings (SSSR count). The second-order valence-electron chi connectivity index (χ2n) is 6.32. The lowest BCUT2D eigenvalue weighted by Crippen LogP contribution is -2.38. The van der Waals surface area contributed by atoms with Crippen LogP contribution in [0.1, 0.15) is 25.3 Å². The molecule has 1 amide bonds. The van der Waals surface area contributed by atoms with Crippen molar-refractivity contribution in [2.45, 2.75) is 26.7 Å². The first-order valence-electron chi connectivity index (χ1n) is 8.35. The molecule has 1 aliphatic rings. The van der Waals surface area contributed by atoms with Gasteiger partial charge in [0.05, 0.1) is 17.9 Å². The summed E-state index contributed by atoms with van der Waals surface area (Å²) in [6.45, 7) is 5.78. The van der Waals surface area contributed by atoms with Crippen LogP contribution in [0.25, 0.3) is 5.69 Å². The van der Waals surface area contributed by atoms with Crippen LogP contribution in [0.2, 0.25) is 0 Å². The van der Waals surface area contributed by atoms with Crippen molar-refractivity contribution in [3.8, 4) is 11.6 Å². The van der Waals surface area contributed by atoms with Crippen LogP contribution in [0.15, 0.2) is 30.3 Å². The maximum absolute atomic E-state index is 11.4. The maximum atomic E-state index is 11.4. The molecule has 0 aliphatic carbocycles. The monoisotopic (exact) mass is 328 g/mol. The fourth-order valence-corrected chi connectivity index (χ4v) is 3.00. The molecule has 0 bridgehead atoms. The van der Waals surface area contributed by atoms with Crippen LogP contribution >= 0.6 is 0 Å². The first-order valence-corrected chi connectivity index (χ1v) is 8.35. The normalized spacial score (nSPS) is 15.5. The number of nitrogens with zero attached hydrogens (tertiary/aromatic N) is 3. The number of para-hydroxylation sites is 1. The number of hydrogen-bond acceptors (Lipinski definition) is 4. The molecule has 1 saturated heterocycles. The number of nitrogen functional groups attached to an aromatic ring is 1. The highest BCUT2D eigenvalue weighted by atomic mass is 16.5. The first-order chi connectivity index (χ1) is 11.6. The van der Waals surface area contributed by atoms with Gasteiger partial charge in [-0.25, -0.2) is 4.68 Å². The zero-order chi connectivity index (χ0) is 17.1. The number of anilines is 1. The summed E-state index contributed by atoms with van der Waals surface area (Å²) in [5.41, 5.74) is 7.95. The number of carbonyl (C=O) groups is 1. The average molecular weight is 328 g/mol. The molecule has 0 unspecified atom stereocenters. The van der Waals surface area contributed by atoms with Gasteiger partial charge in [0.2, 0.25) is 11.8 Å². The number of amides is 1. The first kappa shape index (κ1) is 16.4. The predicted octanol–water partition coefficient (Wildman–Crippen LogP) is 2.40.